The summed E-state index contributed by atoms with van der Waals surface area (Å²) >= 11 is 0. The van der Waals surface area contributed by atoms with E-state index >= 15 is 0 Å². The Bertz CT molecular complexity index is 3140. The number of fused-ring (bicyclic) bond motifs is 8. The first-order valence-corrected chi connectivity index (χ1v) is 28.7. The van der Waals surface area contributed by atoms with E-state index in [0.717, 1.165) is 17.7 Å². The maximum Gasteiger partial charge on any atom is 0.297 e. The Labute approximate surface area is 436 Å². The number of anilines is 6. The Morgan fingerprint density at radius 3 is 1.86 bits per heavy atom. The highest BCUT2D eigenvalue weighted by Gasteiger charge is 2.49. The predicted molar refractivity (Wildman–Crippen MR) is 312 cm³/mol. The molecule has 0 spiro atoms. The van der Waals surface area contributed by atoms with Gasteiger partial charge in [-0.3, -0.25) is 0 Å². The second-order valence-electron chi connectivity index (χ2n) is 28.0. The molecule has 0 radical (unpaired) electrons. The quantitative estimate of drug-likeness (QED) is 0.142. The number of unbranched alkanes of at least 4 members (excludes halogenated alkanes) is 1. The average molecular weight is 959 g/mol. The molecule has 1 aromatic heterocycles. The molecule has 11 rings (SSSR count). The number of aryl methyl sites for hydroxylation is 2. The number of furan rings is 1. The van der Waals surface area contributed by atoms with E-state index < -0.39 is 0 Å². The first-order chi connectivity index (χ1) is 33.9. The van der Waals surface area contributed by atoms with Crippen molar-refractivity contribution >= 4 is 68.4 Å². The van der Waals surface area contributed by atoms with E-state index in [0.29, 0.717) is 5.92 Å². The van der Waals surface area contributed by atoms with Crippen molar-refractivity contribution in [2.24, 2.45) is 0 Å². The van der Waals surface area contributed by atoms with Crippen LogP contribution in [0.4, 0.5) is 34.1 Å². The normalized spacial score (nSPS) is 19.7. The van der Waals surface area contributed by atoms with E-state index in [1.807, 2.05) is 0 Å². The monoisotopic (exact) mass is 959 g/mol. The number of hydrogen-bond acceptors (Lipinski definition) is 3. The fourth-order valence-corrected chi connectivity index (χ4v) is 14.6. The lowest BCUT2D eigenvalue weighted by Gasteiger charge is -2.45. The Balaban J connectivity index is 1.27. The van der Waals surface area contributed by atoms with Gasteiger partial charge >= 0.3 is 0 Å². The van der Waals surface area contributed by atoms with Gasteiger partial charge in [0.2, 0.25) is 0 Å². The van der Waals surface area contributed by atoms with Crippen molar-refractivity contribution in [3.8, 4) is 0 Å². The molecule has 0 amide bonds. The van der Waals surface area contributed by atoms with Crippen LogP contribution in [0.5, 0.6) is 0 Å². The third-order valence-corrected chi connectivity index (χ3v) is 19.6. The van der Waals surface area contributed by atoms with E-state index in [4.69, 9.17) is 4.42 Å². The summed E-state index contributed by atoms with van der Waals surface area (Å²) < 4.78 is 7.73. The molecule has 0 saturated heterocycles. The zero-order valence-electron chi connectivity index (χ0n) is 47.6. The highest BCUT2D eigenvalue weighted by molar-refractivity contribution is 7.00. The lowest BCUT2D eigenvalue weighted by atomic mass is 9.35. The number of rotatable bonds is 8. The van der Waals surface area contributed by atoms with Crippen molar-refractivity contribution in [3.63, 3.8) is 0 Å². The molecule has 0 unspecified atom stereocenters. The predicted octanol–water partition coefficient (Wildman–Crippen LogP) is 17.9. The van der Waals surface area contributed by atoms with Crippen molar-refractivity contribution in [1.29, 1.82) is 0 Å². The van der Waals surface area contributed by atoms with Crippen LogP contribution in [-0.2, 0) is 38.9 Å². The molecule has 6 aromatic rings. The Morgan fingerprint density at radius 2 is 1.24 bits per heavy atom. The molecule has 2 aliphatic heterocycles. The van der Waals surface area contributed by atoms with Gasteiger partial charge in [0, 0.05) is 33.8 Å². The van der Waals surface area contributed by atoms with Gasteiger partial charge in [0.25, 0.3) is 6.71 Å². The van der Waals surface area contributed by atoms with Gasteiger partial charge in [-0.2, -0.15) is 0 Å². The summed E-state index contributed by atoms with van der Waals surface area (Å²) in [6, 6.07) is 30.8. The summed E-state index contributed by atoms with van der Waals surface area (Å²) in [4.78, 5) is 5.47. The van der Waals surface area contributed by atoms with Crippen molar-refractivity contribution < 1.29 is 4.42 Å². The van der Waals surface area contributed by atoms with Crippen LogP contribution in [0.2, 0.25) is 0 Å². The SMILES string of the molecule is CCCCC(C)(C)c1cc(C)c(N2c3cc(C(C)(C)C)ccc3B3c4oc5cc6c(cc5c4N(c4ccc5c(c4)C(C)(C)CCC5(C)C)c4cc(C5CCCCC5)cc2c43)C(C)(C)CCC6(C)C)cc1CC. The van der Waals surface area contributed by atoms with Crippen LogP contribution in [0.3, 0.4) is 0 Å². The van der Waals surface area contributed by atoms with E-state index in [-0.39, 0.29) is 39.2 Å². The molecular formula is C68H87BN2O. The standard InChI is InChI=1S/C68H87BN2O/c1-17-19-29-64(7,8)50-34-42(3)55(35-43(50)18-2)71-56-38-46(63(4,5)6)25-28-54(56)69-60-57(36-45(37-58(60)71)44-23-21-20-22-24-44)70(47-26-27-49-51(39-47)66(11,12)31-30-65(49,9)10)61-48-40-52-53(41-59(48)72-62(61)69)68(15,16)33-32-67(52,13)14/h25-28,34-41,44H,17-24,29-33H2,1-16H3. The van der Waals surface area contributed by atoms with E-state index in [1.54, 1.807) is 0 Å². The highest BCUT2D eigenvalue weighted by Crippen LogP contribution is 2.55. The number of nitrogens with zero attached hydrogens (tertiary/aromatic N) is 2. The molecule has 1 saturated carbocycles. The maximum absolute atomic E-state index is 7.73. The summed E-state index contributed by atoms with van der Waals surface area (Å²) in [5.74, 6) is 0.514. The van der Waals surface area contributed by atoms with Crippen LogP contribution in [-0.4, -0.2) is 6.71 Å². The summed E-state index contributed by atoms with van der Waals surface area (Å²) in [7, 11) is 0. The molecule has 5 aliphatic rings. The van der Waals surface area contributed by atoms with Gasteiger partial charge in [0.15, 0.2) is 0 Å². The molecule has 1 fully saturated rings. The minimum Gasteiger partial charge on any atom is -0.468 e. The highest BCUT2D eigenvalue weighted by atomic mass is 16.3. The van der Waals surface area contributed by atoms with Crippen molar-refractivity contribution in [2.45, 2.75) is 233 Å². The fourth-order valence-electron chi connectivity index (χ4n) is 14.6. The molecule has 72 heavy (non-hydrogen) atoms. The van der Waals surface area contributed by atoms with Crippen LogP contribution in [0.15, 0.2) is 77.2 Å². The van der Waals surface area contributed by atoms with Crippen molar-refractivity contribution in [3.05, 3.63) is 123 Å². The van der Waals surface area contributed by atoms with Crippen LogP contribution in [0, 0.1) is 6.92 Å². The topological polar surface area (TPSA) is 19.6 Å². The van der Waals surface area contributed by atoms with Gasteiger partial charge < -0.3 is 14.2 Å². The third kappa shape index (κ3) is 7.78. The zero-order valence-corrected chi connectivity index (χ0v) is 47.6. The van der Waals surface area contributed by atoms with Gasteiger partial charge in [-0.25, -0.2) is 0 Å². The number of benzene rings is 5. The van der Waals surface area contributed by atoms with Crippen LogP contribution in [0.1, 0.15) is 237 Å². The Kier molecular flexibility index (Phi) is 11.6. The maximum atomic E-state index is 7.73. The van der Waals surface area contributed by atoms with Crippen LogP contribution >= 0.6 is 0 Å². The van der Waals surface area contributed by atoms with Crippen LogP contribution < -0.4 is 26.4 Å². The zero-order chi connectivity index (χ0) is 51.2. The lowest BCUT2D eigenvalue weighted by Crippen LogP contribution is -2.61. The summed E-state index contributed by atoms with van der Waals surface area (Å²) in [5.41, 5.74) is 26.1. The molecule has 3 nitrogen and oxygen atoms in total. The summed E-state index contributed by atoms with van der Waals surface area (Å²) in [6.45, 7) is 38.9. The molecule has 0 bridgehead atoms. The molecule has 5 aromatic carbocycles. The van der Waals surface area contributed by atoms with E-state index in [9.17, 15) is 0 Å². The molecule has 3 aliphatic carbocycles. The Morgan fingerprint density at radius 1 is 0.625 bits per heavy atom. The van der Waals surface area contributed by atoms with Crippen molar-refractivity contribution in [1.82, 2.24) is 0 Å². The summed E-state index contributed by atoms with van der Waals surface area (Å²) in [6.07, 6.45) is 15.8. The van der Waals surface area contributed by atoms with Crippen molar-refractivity contribution in [2.75, 3.05) is 9.80 Å². The van der Waals surface area contributed by atoms with Gasteiger partial charge in [0.05, 0.1) is 11.3 Å². The van der Waals surface area contributed by atoms with Gasteiger partial charge in [-0.05, 0) is 206 Å². The lowest BCUT2D eigenvalue weighted by molar-refractivity contribution is 0.332. The smallest absolute Gasteiger partial charge is 0.297 e. The first kappa shape index (κ1) is 49.5. The van der Waals surface area contributed by atoms with E-state index in [2.05, 4.69) is 193 Å². The molecule has 378 valence electrons. The first-order valence-electron chi connectivity index (χ1n) is 28.7. The van der Waals surface area contributed by atoms with Gasteiger partial charge in [-0.1, -0.05) is 160 Å². The Hall–Kier alpha value is -4.70. The third-order valence-electron chi connectivity index (χ3n) is 19.6. The molecule has 0 atom stereocenters. The van der Waals surface area contributed by atoms with Gasteiger partial charge in [-0.15, -0.1) is 0 Å². The largest absolute Gasteiger partial charge is 0.468 e. The summed E-state index contributed by atoms with van der Waals surface area (Å²) in [5, 5.41) is 1.25. The second-order valence-corrected chi connectivity index (χ2v) is 28.0. The van der Waals surface area contributed by atoms with Crippen LogP contribution in [0.25, 0.3) is 11.0 Å². The minimum absolute atomic E-state index is 0.0335. The van der Waals surface area contributed by atoms with E-state index in [1.165, 1.54) is 178 Å². The molecule has 0 N–H and O–H groups in total. The molecule has 3 heterocycles. The number of hydrogen-bond donors (Lipinski definition) is 0. The average Bonchev–Trinajstić information content (AvgIpc) is 3.71. The molecular weight excluding hydrogens is 872 g/mol. The second kappa shape index (κ2) is 16.9. The fraction of sp³-hybridized carbons (Fsp3) is 0.529. The molecule has 4 heteroatoms. The minimum atomic E-state index is -0.0847. The van der Waals surface area contributed by atoms with Gasteiger partial charge in [0.1, 0.15) is 5.58 Å².